The minimum absolute atomic E-state index is 0.0335. The molecular formula is C22H28N2O4S. The van der Waals surface area contributed by atoms with Crippen LogP contribution in [-0.4, -0.2) is 34.6 Å². The number of esters is 1. The Bertz CT molecular complexity index is 957. The monoisotopic (exact) mass is 416 g/mol. The Morgan fingerprint density at radius 2 is 1.93 bits per heavy atom. The van der Waals surface area contributed by atoms with E-state index in [0.29, 0.717) is 5.92 Å². The highest BCUT2D eigenvalue weighted by atomic mass is 32.2. The zero-order chi connectivity index (χ0) is 21.0. The standard InChI is InChI=1S/C22H28N2O4S/c1-16-6-5-13-24(15-16)20-11-9-18(10-12-20)17(2)23-29(26,27)21-8-4-7-19(14-21)22(25)28-3/h4,7-12,14,16-17,23H,5-6,13,15H2,1-3H3/t16-,17-/m0/s1. The molecule has 0 radical (unpaired) electrons. The minimum atomic E-state index is -3.78. The normalized spacial score (nSPS) is 18.3. The Morgan fingerprint density at radius 1 is 1.21 bits per heavy atom. The number of piperidine rings is 1. The van der Waals surface area contributed by atoms with Gasteiger partial charge >= 0.3 is 5.97 Å². The zero-order valence-corrected chi connectivity index (χ0v) is 17.9. The summed E-state index contributed by atoms with van der Waals surface area (Å²) in [7, 11) is -2.52. The SMILES string of the molecule is COC(=O)c1cccc(S(=O)(=O)N[C@@H](C)c2ccc(N3CCC[C@H](C)C3)cc2)c1. The fourth-order valence-corrected chi connectivity index (χ4v) is 4.95. The van der Waals surface area contributed by atoms with Gasteiger partial charge in [0.1, 0.15) is 0 Å². The second-order valence-electron chi connectivity index (χ2n) is 7.65. The summed E-state index contributed by atoms with van der Waals surface area (Å²) in [5.74, 6) is 0.118. The van der Waals surface area contributed by atoms with Gasteiger partial charge in [-0.2, -0.15) is 0 Å². The molecule has 2 aromatic rings. The van der Waals surface area contributed by atoms with Gasteiger partial charge < -0.3 is 9.64 Å². The van der Waals surface area contributed by atoms with Crippen molar-refractivity contribution in [3.63, 3.8) is 0 Å². The number of nitrogens with zero attached hydrogens (tertiary/aromatic N) is 1. The summed E-state index contributed by atoms with van der Waals surface area (Å²) < 4.78 is 32.9. The number of sulfonamides is 1. The van der Waals surface area contributed by atoms with Gasteiger partial charge in [0.05, 0.1) is 17.6 Å². The lowest BCUT2D eigenvalue weighted by Crippen LogP contribution is -2.34. The van der Waals surface area contributed by atoms with Gasteiger partial charge in [-0.1, -0.05) is 25.1 Å². The number of ether oxygens (including phenoxy) is 1. The molecule has 1 aliphatic heterocycles. The van der Waals surface area contributed by atoms with Crippen LogP contribution in [0.15, 0.2) is 53.4 Å². The number of carbonyl (C=O) groups is 1. The van der Waals surface area contributed by atoms with Crippen LogP contribution in [0.3, 0.4) is 0 Å². The molecule has 6 nitrogen and oxygen atoms in total. The lowest BCUT2D eigenvalue weighted by Gasteiger charge is -2.33. The van der Waals surface area contributed by atoms with Gasteiger partial charge in [-0.05, 0) is 61.6 Å². The maximum absolute atomic E-state index is 12.8. The molecule has 0 aromatic heterocycles. The van der Waals surface area contributed by atoms with Gasteiger partial charge in [0, 0.05) is 24.8 Å². The van der Waals surface area contributed by atoms with Gasteiger partial charge in [0.15, 0.2) is 0 Å². The van der Waals surface area contributed by atoms with Crippen LogP contribution < -0.4 is 9.62 Å². The summed E-state index contributed by atoms with van der Waals surface area (Å²) in [6.45, 7) is 6.19. The first-order chi connectivity index (χ1) is 13.8. The topological polar surface area (TPSA) is 75.7 Å². The molecule has 2 aromatic carbocycles. The molecule has 1 N–H and O–H groups in total. The van der Waals surface area contributed by atoms with E-state index in [-0.39, 0.29) is 10.5 Å². The number of nitrogens with one attached hydrogen (secondary N) is 1. The van der Waals surface area contributed by atoms with E-state index in [9.17, 15) is 13.2 Å². The molecule has 1 heterocycles. The highest BCUT2D eigenvalue weighted by Crippen LogP contribution is 2.25. The minimum Gasteiger partial charge on any atom is -0.465 e. The van der Waals surface area contributed by atoms with Crippen molar-refractivity contribution in [2.75, 3.05) is 25.1 Å². The van der Waals surface area contributed by atoms with Gasteiger partial charge in [-0.15, -0.1) is 0 Å². The first-order valence-corrected chi connectivity index (χ1v) is 11.3. The largest absolute Gasteiger partial charge is 0.465 e. The smallest absolute Gasteiger partial charge is 0.337 e. The molecule has 1 aliphatic rings. The summed E-state index contributed by atoms with van der Waals surface area (Å²) in [5.41, 5.74) is 2.25. The van der Waals surface area contributed by atoms with Crippen LogP contribution >= 0.6 is 0 Å². The van der Waals surface area contributed by atoms with E-state index < -0.39 is 22.0 Å². The van der Waals surface area contributed by atoms with Crippen molar-refractivity contribution >= 4 is 21.7 Å². The first-order valence-electron chi connectivity index (χ1n) is 9.86. The van der Waals surface area contributed by atoms with Gasteiger partial charge in [-0.25, -0.2) is 17.9 Å². The van der Waals surface area contributed by atoms with Crippen molar-refractivity contribution in [1.82, 2.24) is 4.72 Å². The number of carbonyl (C=O) groups excluding carboxylic acids is 1. The molecule has 0 saturated carbocycles. The summed E-state index contributed by atoms with van der Waals surface area (Å²) >= 11 is 0. The Balaban J connectivity index is 1.72. The highest BCUT2D eigenvalue weighted by Gasteiger charge is 2.21. The number of benzene rings is 2. The van der Waals surface area contributed by atoms with E-state index in [1.165, 1.54) is 49.9 Å². The number of rotatable bonds is 6. The molecular weight excluding hydrogens is 388 g/mol. The predicted octanol–water partition coefficient (Wildman–Crippen LogP) is 3.75. The fraction of sp³-hybridized carbons (Fsp3) is 0.409. The number of hydrogen-bond donors (Lipinski definition) is 1. The van der Waals surface area contributed by atoms with Gasteiger partial charge in [0.2, 0.25) is 10.0 Å². The molecule has 7 heteroatoms. The Morgan fingerprint density at radius 3 is 2.59 bits per heavy atom. The van der Waals surface area contributed by atoms with E-state index >= 15 is 0 Å². The van der Waals surface area contributed by atoms with Crippen LogP contribution in [0.5, 0.6) is 0 Å². The Labute approximate surface area is 172 Å². The molecule has 29 heavy (non-hydrogen) atoms. The van der Waals surface area contributed by atoms with Crippen molar-refractivity contribution in [2.24, 2.45) is 5.92 Å². The third-order valence-electron chi connectivity index (χ3n) is 5.31. The maximum Gasteiger partial charge on any atom is 0.337 e. The van der Waals surface area contributed by atoms with E-state index in [1.807, 2.05) is 12.1 Å². The van der Waals surface area contributed by atoms with Gasteiger partial charge in [-0.3, -0.25) is 0 Å². The summed E-state index contributed by atoms with van der Waals surface area (Å²) in [6.07, 6.45) is 2.47. The van der Waals surface area contributed by atoms with E-state index in [4.69, 9.17) is 0 Å². The second-order valence-corrected chi connectivity index (χ2v) is 9.36. The fourth-order valence-electron chi connectivity index (χ4n) is 3.67. The Kier molecular flexibility index (Phi) is 6.59. The molecule has 0 spiro atoms. The lowest BCUT2D eigenvalue weighted by atomic mass is 9.99. The van der Waals surface area contributed by atoms with Crippen LogP contribution in [0.25, 0.3) is 0 Å². The molecule has 1 fully saturated rings. The van der Waals surface area contributed by atoms with E-state index in [0.717, 1.165) is 18.7 Å². The van der Waals surface area contributed by atoms with E-state index in [1.54, 1.807) is 6.92 Å². The molecule has 3 rings (SSSR count). The van der Waals surface area contributed by atoms with Crippen LogP contribution in [0.1, 0.15) is 48.7 Å². The van der Waals surface area contributed by atoms with Crippen LogP contribution in [0.4, 0.5) is 5.69 Å². The van der Waals surface area contributed by atoms with Crippen molar-refractivity contribution in [3.05, 3.63) is 59.7 Å². The maximum atomic E-state index is 12.8. The summed E-state index contributed by atoms with van der Waals surface area (Å²) in [4.78, 5) is 14.1. The average molecular weight is 417 g/mol. The van der Waals surface area contributed by atoms with Crippen LogP contribution in [0, 0.1) is 5.92 Å². The average Bonchev–Trinajstić information content (AvgIpc) is 2.73. The second kappa shape index (κ2) is 8.97. The molecule has 0 amide bonds. The molecule has 0 bridgehead atoms. The summed E-state index contributed by atoms with van der Waals surface area (Å²) in [5, 5.41) is 0. The number of anilines is 1. The Hall–Kier alpha value is -2.38. The molecule has 1 saturated heterocycles. The highest BCUT2D eigenvalue weighted by molar-refractivity contribution is 7.89. The number of hydrogen-bond acceptors (Lipinski definition) is 5. The first kappa shape index (κ1) is 21.3. The van der Waals surface area contributed by atoms with Crippen molar-refractivity contribution in [2.45, 2.75) is 37.6 Å². The van der Waals surface area contributed by atoms with Crippen molar-refractivity contribution in [1.29, 1.82) is 0 Å². The molecule has 0 unspecified atom stereocenters. The third kappa shape index (κ3) is 5.16. The molecule has 2 atom stereocenters. The zero-order valence-electron chi connectivity index (χ0n) is 17.1. The van der Waals surface area contributed by atoms with Crippen LogP contribution in [-0.2, 0) is 14.8 Å². The van der Waals surface area contributed by atoms with Gasteiger partial charge in [0.25, 0.3) is 0 Å². The number of methoxy groups -OCH3 is 1. The summed E-state index contributed by atoms with van der Waals surface area (Å²) in [6, 6.07) is 13.5. The van der Waals surface area contributed by atoms with Crippen LogP contribution in [0.2, 0.25) is 0 Å². The predicted molar refractivity (Wildman–Crippen MR) is 114 cm³/mol. The molecule has 0 aliphatic carbocycles. The molecule has 156 valence electrons. The lowest BCUT2D eigenvalue weighted by molar-refractivity contribution is 0.0600. The third-order valence-corrected chi connectivity index (χ3v) is 6.85. The van der Waals surface area contributed by atoms with Crippen molar-refractivity contribution in [3.8, 4) is 0 Å². The van der Waals surface area contributed by atoms with Crippen molar-refractivity contribution < 1.29 is 17.9 Å². The quantitative estimate of drug-likeness (QED) is 0.726. The van der Waals surface area contributed by atoms with E-state index in [2.05, 4.69) is 33.4 Å².